The van der Waals surface area contributed by atoms with Crippen molar-refractivity contribution in [2.45, 2.75) is 115 Å². The Balaban J connectivity index is 1.54. The Kier molecular flexibility index (Phi) is 16.7. The van der Waals surface area contributed by atoms with Gasteiger partial charge < -0.3 is 5.32 Å². The second-order valence-corrected chi connectivity index (χ2v) is 9.57. The second-order valence-electron chi connectivity index (χ2n) is 9.57. The van der Waals surface area contributed by atoms with E-state index < -0.39 is 0 Å². The molecule has 0 atom stereocenters. The number of allylic oxidation sites excluding steroid dienone is 12. The smallest absolute Gasteiger partial charge is 0.00670 e. The van der Waals surface area contributed by atoms with Crippen molar-refractivity contribution < 1.29 is 0 Å². The van der Waals surface area contributed by atoms with Gasteiger partial charge in [-0.15, -0.1) is 0 Å². The lowest BCUT2D eigenvalue weighted by Gasteiger charge is -2.19. The summed E-state index contributed by atoms with van der Waals surface area (Å²) in [6, 6.07) is 0.779. The first-order valence-corrected chi connectivity index (χ1v) is 13.7. The van der Waals surface area contributed by atoms with Crippen LogP contribution in [0, 0.1) is 0 Å². The molecule has 0 aromatic heterocycles. The van der Waals surface area contributed by atoms with Crippen LogP contribution in [0.4, 0.5) is 0 Å². The zero-order chi connectivity index (χ0) is 22.4. The zero-order valence-corrected chi connectivity index (χ0v) is 20.7. The average molecular weight is 436 g/mol. The molecule has 0 bridgehead atoms. The van der Waals surface area contributed by atoms with Crippen LogP contribution in [0.25, 0.3) is 0 Å². The predicted molar refractivity (Wildman–Crippen MR) is 144 cm³/mol. The van der Waals surface area contributed by atoms with Crippen LogP contribution >= 0.6 is 0 Å². The standard InChI is InChI=1S/C31H49N/c1-3-7-12-18-24-30(25-19-13-8-4-1)26-20-14-11-17-23-29-32-31-27-21-15-9-5-2-6-10-16-22-28-31/h1,3-4,7-8,12-13,18-19,24-25,31-32H,2,5-6,9-11,14-17,20-23,26-29H2/b3-1?,4-1?,7-3?,8-4?,12-7+,13-8?,18-12?,19-13-,24-18-,25-19?,30-24?,30-25+. The summed E-state index contributed by atoms with van der Waals surface area (Å²) < 4.78 is 0. The van der Waals surface area contributed by atoms with Crippen molar-refractivity contribution in [3.8, 4) is 0 Å². The molecule has 1 saturated carbocycles. The van der Waals surface area contributed by atoms with E-state index in [1.54, 1.807) is 0 Å². The van der Waals surface area contributed by atoms with Gasteiger partial charge in [-0.25, -0.2) is 0 Å². The lowest BCUT2D eigenvalue weighted by Crippen LogP contribution is -2.30. The van der Waals surface area contributed by atoms with Gasteiger partial charge >= 0.3 is 0 Å². The third kappa shape index (κ3) is 15.2. The van der Waals surface area contributed by atoms with Crippen LogP contribution in [0.2, 0.25) is 0 Å². The largest absolute Gasteiger partial charge is 0.314 e. The molecule has 1 nitrogen and oxygen atoms in total. The van der Waals surface area contributed by atoms with Gasteiger partial charge in [-0.05, 0) is 44.2 Å². The van der Waals surface area contributed by atoms with Crippen LogP contribution in [0.5, 0.6) is 0 Å². The Morgan fingerprint density at radius 1 is 0.531 bits per heavy atom. The average Bonchev–Trinajstić information content (AvgIpc) is 2.78. The molecule has 2 aliphatic rings. The quantitative estimate of drug-likeness (QED) is 0.356. The maximum Gasteiger partial charge on any atom is 0.00670 e. The first kappa shape index (κ1) is 26.7. The van der Waals surface area contributed by atoms with Crippen LogP contribution < -0.4 is 5.32 Å². The summed E-state index contributed by atoms with van der Waals surface area (Å²) in [7, 11) is 0. The summed E-state index contributed by atoms with van der Waals surface area (Å²) in [6.45, 7) is 1.22. The Hall–Kier alpha value is -1.60. The van der Waals surface area contributed by atoms with E-state index in [9.17, 15) is 0 Å². The minimum atomic E-state index is 0.779. The minimum Gasteiger partial charge on any atom is -0.314 e. The molecule has 32 heavy (non-hydrogen) atoms. The van der Waals surface area contributed by atoms with Gasteiger partial charge in [0.1, 0.15) is 0 Å². The number of hydrogen-bond acceptors (Lipinski definition) is 1. The highest BCUT2D eigenvalue weighted by atomic mass is 14.9. The molecule has 0 unspecified atom stereocenters. The number of rotatable bonds is 9. The van der Waals surface area contributed by atoms with Gasteiger partial charge in [0.05, 0.1) is 0 Å². The molecule has 1 N–H and O–H groups in total. The molecule has 0 radical (unpaired) electrons. The van der Waals surface area contributed by atoms with Gasteiger partial charge in [0.2, 0.25) is 0 Å². The van der Waals surface area contributed by atoms with Gasteiger partial charge in [0.25, 0.3) is 0 Å². The molecule has 1 heteroatoms. The SMILES string of the molecule is C1=C\C=C/C=C(CCCCCCCNC2CCCCCCCCCCC2)\C=C/C=C/C=C1. The monoisotopic (exact) mass is 435 g/mol. The summed E-state index contributed by atoms with van der Waals surface area (Å²) in [5, 5.41) is 3.91. The normalized spacial score (nSPS) is 24.2. The maximum atomic E-state index is 3.91. The Labute approximate surface area is 199 Å². The first-order chi connectivity index (χ1) is 15.9. The molecular weight excluding hydrogens is 386 g/mol. The fourth-order valence-corrected chi connectivity index (χ4v) is 4.69. The number of nitrogens with one attached hydrogen (secondary N) is 1. The van der Waals surface area contributed by atoms with Crippen molar-refractivity contribution in [1.29, 1.82) is 0 Å². The highest BCUT2D eigenvalue weighted by Gasteiger charge is 2.08. The highest BCUT2D eigenvalue weighted by Crippen LogP contribution is 2.17. The fraction of sp³-hybridized carbons (Fsp3) is 0.613. The molecule has 0 heterocycles. The third-order valence-electron chi connectivity index (χ3n) is 6.69. The van der Waals surface area contributed by atoms with Crippen LogP contribution in [-0.2, 0) is 0 Å². The third-order valence-corrected chi connectivity index (χ3v) is 6.69. The zero-order valence-electron chi connectivity index (χ0n) is 20.7. The van der Waals surface area contributed by atoms with Crippen molar-refractivity contribution >= 4 is 0 Å². The Morgan fingerprint density at radius 2 is 1.03 bits per heavy atom. The van der Waals surface area contributed by atoms with Crippen LogP contribution in [-0.4, -0.2) is 12.6 Å². The minimum absolute atomic E-state index is 0.779. The molecule has 0 aliphatic heterocycles. The van der Waals surface area contributed by atoms with E-state index in [0.717, 1.165) is 6.04 Å². The van der Waals surface area contributed by atoms with Crippen LogP contribution in [0.1, 0.15) is 109 Å². The summed E-state index contributed by atoms with van der Waals surface area (Å²) in [6.07, 6.45) is 47.2. The summed E-state index contributed by atoms with van der Waals surface area (Å²) in [5.74, 6) is 0. The fourth-order valence-electron chi connectivity index (χ4n) is 4.69. The molecule has 1 fully saturated rings. The van der Waals surface area contributed by atoms with Gasteiger partial charge in [0.15, 0.2) is 0 Å². The van der Waals surface area contributed by atoms with Gasteiger partial charge in [-0.3, -0.25) is 0 Å². The number of unbranched alkanes of at least 4 members (excludes halogenated alkanes) is 4. The van der Waals surface area contributed by atoms with Crippen LogP contribution in [0.3, 0.4) is 0 Å². The Bertz CT molecular complexity index is 604. The molecule has 2 rings (SSSR count). The van der Waals surface area contributed by atoms with E-state index in [1.165, 1.54) is 121 Å². The molecule has 0 aromatic rings. The first-order valence-electron chi connectivity index (χ1n) is 13.7. The predicted octanol–water partition coefficient (Wildman–Crippen LogP) is 9.31. The molecule has 178 valence electrons. The Morgan fingerprint density at radius 3 is 1.69 bits per heavy atom. The molecule has 0 amide bonds. The molecule has 2 aliphatic carbocycles. The highest BCUT2D eigenvalue weighted by molar-refractivity contribution is 5.29. The van der Waals surface area contributed by atoms with Gasteiger partial charge in [-0.1, -0.05) is 144 Å². The van der Waals surface area contributed by atoms with Crippen molar-refractivity contribution in [1.82, 2.24) is 5.32 Å². The lowest BCUT2D eigenvalue weighted by atomic mass is 9.98. The van der Waals surface area contributed by atoms with Crippen molar-refractivity contribution in [2.24, 2.45) is 0 Å². The van der Waals surface area contributed by atoms with E-state index >= 15 is 0 Å². The van der Waals surface area contributed by atoms with Gasteiger partial charge in [-0.2, -0.15) is 0 Å². The van der Waals surface area contributed by atoms with E-state index in [2.05, 4.69) is 72.2 Å². The molecular formula is C31H49N. The molecule has 0 saturated heterocycles. The van der Waals surface area contributed by atoms with Crippen molar-refractivity contribution in [3.63, 3.8) is 0 Å². The van der Waals surface area contributed by atoms with E-state index in [4.69, 9.17) is 0 Å². The van der Waals surface area contributed by atoms with Gasteiger partial charge in [0, 0.05) is 6.04 Å². The van der Waals surface area contributed by atoms with Crippen molar-refractivity contribution in [3.05, 3.63) is 72.4 Å². The lowest BCUT2D eigenvalue weighted by molar-refractivity contribution is 0.399. The van der Waals surface area contributed by atoms with E-state index in [-0.39, 0.29) is 0 Å². The van der Waals surface area contributed by atoms with Crippen molar-refractivity contribution in [2.75, 3.05) is 6.54 Å². The van der Waals surface area contributed by atoms with E-state index in [0.29, 0.717) is 0 Å². The van der Waals surface area contributed by atoms with E-state index in [1.807, 2.05) is 0 Å². The second kappa shape index (κ2) is 20.0. The summed E-state index contributed by atoms with van der Waals surface area (Å²) in [5.41, 5.74) is 1.42. The summed E-state index contributed by atoms with van der Waals surface area (Å²) in [4.78, 5) is 0. The molecule has 0 spiro atoms. The topological polar surface area (TPSA) is 12.0 Å². The summed E-state index contributed by atoms with van der Waals surface area (Å²) >= 11 is 0. The maximum absolute atomic E-state index is 3.91. The van der Waals surface area contributed by atoms with Crippen LogP contribution in [0.15, 0.2) is 72.4 Å². The number of hydrogen-bond donors (Lipinski definition) is 1. The molecule has 0 aromatic carbocycles.